The summed E-state index contributed by atoms with van der Waals surface area (Å²) in [5.41, 5.74) is -1.86. The molecule has 0 aliphatic carbocycles. The van der Waals surface area contributed by atoms with E-state index in [0.717, 1.165) is 4.40 Å². The van der Waals surface area contributed by atoms with Gasteiger partial charge in [0, 0.05) is 6.20 Å². The van der Waals surface area contributed by atoms with Gasteiger partial charge in [-0.3, -0.25) is 4.40 Å². The van der Waals surface area contributed by atoms with Crippen LogP contribution in [0.15, 0.2) is 18.3 Å². The molecule has 0 radical (unpaired) electrons. The van der Waals surface area contributed by atoms with Crippen LogP contribution < -0.4 is 0 Å². The standard InChI is InChI=1S/C12H10F4N2O2/c1-2-20-12(19)6-3-4-18-8(10(15)16)5-7(9(13)14)17-11(6)18/h3-5,9-10H,2H2,1H3. The molecule has 2 aromatic rings. The summed E-state index contributed by atoms with van der Waals surface area (Å²) in [7, 11) is 0. The van der Waals surface area contributed by atoms with E-state index >= 15 is 0 Å². The molecule has 0 spiro atoms. The van der Waals surface area contributed by atoms with Crippen molar-refractivity contribution in [2.24, 2.45) is 0 Å². The van der Waals surface area contributed by atoms with Gasteiger partial charge in [-0.25, -0.2) is 27.3 Å². The van der Waals surface area contributed by atoms with Crippen molar-refractivity contribution in [3.63, 3.8) is 0 Å². The Morgan fingerprint density at radius 3 is 2.60 bits per heavy atom. The van der Waals surface area contributed by atoms with Gasteiger partial charge in [-0.05, 0) is 19.1 Å². The van der Waals surface area contributed by atoms with E-state index < -0.39 is 30.2 Å². The Morgan fingerprint density at radius 1 is 1.35 bits per heavy atom. The van der Waals surface area contributed by atoms with Crippen LogP contribution >= 0.6 is 0 Å². The lowest BCUT2D eigenvalue weighted by molar-refractivity contribution is 0.0528. The molecule has 0 unspecified atom stereocenters. The lowest BCUT2D eigenvalue weighted by atomic mass is 10.3. The van der Waals surface area contributed by atoms with Crippen molar-refractivity contribution < 1.29 is 27.1 Å². The molecule has 0 saturated heterocycles. The number of esters is 1. The Kier molecular flexibility index (Phi) is 3.91. The van der Waals surface area contributed by atoms with E-state index in [0.29, 0.717) is 6.07 Å². The third-order valence-electron chi connectivity index (χ3n) is 2.61. The molecule has 8 heteroatoms. The van der Waals surface area contributed by atoms with Crippen LogP contribution in [0, 0.1) is 0 Å². The molecule has 2 heterocycles. The molecule has 0 aliphatic heterocycles. The molecule has 0 atom stereocenters. The second-order valence-electron chi connectivity index (χ2n) is 3.85. The number of ether oxygens (including phenoxy) is 1. The van der Waals surface area contributed by atoms with E-state index in [4.69, 9.17) is 4.74 Å². The van der Waals surface area contributed by atoms with Gasteiger partial charge in [0.05, 0.1) is 12.3 Å². The largest absolute Gasteiger partial charge is 0.462 e. The minimum absolute atomic E-state index is 0.0758. The summed E-state index contributed by atoms with van der Waals surface area (Å²) in [6.07, 6.45) is -4.81. The Balaban J connectivity index is 2.67. The number of carbonyl (C=O) groups excluding carboxylic acids is 1. The molecule has 0 saturated carbocycles. The van der Waals surface area contributed by atoms with E-state index in [2.05, 4.69) is 4.98 Å². The van der Waals surface area contributed by atoms with Crippen LogP contribution in [0.5, 0.6) is 0 Å². The highest BCUT2D eigenvalue weighted by atomic mass is 19.3. The van der Waals surface area contributed by atoms with Crippen LogP contribution in [-0.4, -0.2) is 22.0 Å². The highest BCUT2D eigenvalue weighted by molar-refractivity contribution is 5.96. The molecular weight excluding hydrogens is 280 g/mol. The number of alkyl halides is 4. The first kappa shape index (κ1) is 14.3. The van der Waals surface area contributed by atoms with E-state index in [-0.39, 0.29) is 17.8 Å². The van der Waals surface area contributed by atoms with E-state index in [9.17, 15) is 22.4 Å². The zero-order valence-corrected chi connectivity index (χ0v) is 10.3. The molecule has 0 bridgehead atoms. The molecule has 4 nitrogen and oxygen atoms in total. The maximum atomic E-state index is 12.9. The minimum atomic E-state index is -3.01. The van der Waals surface area contributed by atoms with Crippen LogP contribution in [0.3, 0.4) is 0 Å². The van der Waals surface area contributed by atoms with E-state index in [1.54, 1.807) is 6.92 Å². The number of rotatable bonds is 4. The van der Waals surface area contributed by atoms with Crippen molar-refractivity contribution in [3.8, 4) is 0 Å². The van der Waals surface area contributed by atoms with Crippen molar-refractivity contribution in [2.75, 3.05) is 6.61 Å². The van der Waals surface area contributed by atoms with Crippen molar-refractivity contribution in [3.05, 3.63) is 35.3 Å². The number of nitrogens with zero attached hydrogens (tertiary/aromatic N) is 2. The van der Waals surface area contributed by atoms with E-state index in [1.807, 2.05) is 0 Å². The molecule has 0 aliphatic rings. The Bertz CT molecular complexity index is 640. The number of halogens is 4. The molecule has 2 aromatic heterocycles. The van der Waals surface area contributed by atoms with Gasteiger partial charge in [-0.15, -0.1) is 0 Å². The number of fused-ring (bicyclic) bond motifs is 1. The first-order chi connectivity index (χ1) is 9.45. The topological polar surface area (TPSA) is 43.6 Å². The summed E-state index contributed by atoms with van der Waals surface area (Å²) in [6.45, 7) is 1.64. The Labute approximate surface area is 111 Å². The first-order valence-corrected chi connectivity index (χ1v) is 5.71. The van der Waals surface area contributed by atoms with Crippen LogP contribution in [0.4, 0.5) is 17.6 Å². The van der Waals surface area contributed by atoms with Crippen molar-refractivity contribution in [1.29, 1.82) is 0 Å². The predicted octanol–water partition coefficient (Wildman–Crippen LogP) is 3.39. The molecule has 0 fully saturated rings. The fraction of sp³-hybridized carbons (Fsp3) is 0.333. The normalized spacial score (nSPS) is 11.6. The zero-order chi connectivity index (χ0) is 14.9. The van der Waals surface area contributed by atoms with Gasteiger partial charge in [0.2, 0.25) is 0 Å². The van der Waals surface area contributed by atoms with Crippen LogP contribution in [0.2, 0.25) is 0 Å². The first-order valence-electron chi connectivity index (χ1n) is 5.71. The minimum Gasteiger partial charge on any atom is -0.462 e. The number of hydrogen-bond acceptors (Lipinski definition) is 3. The molecule has 20 heavy (non-hydrogen) atoms. The van der Waals surface area contributed by atoms with Crippen LogP contribution in [-0.2, 0) is 4.74 Å². The number of carbonyl (C=O) groups is 1. The van der Waals surface area contributed by atoms with E-state index in [1.165, 1.54) is 12.3 Å². The molecule has 2 rings (SSSR count). The van der Waals surface area contributed by atoms with Crippen LogP contribution in [0.1, 0.15) is 41.5 Å². The smallest absolute Gasteiger partial charge is 0.341 e. The maximum Gasteiger partial charge on any atom is 0.341 e. The quantitative estimate of drug-likeness (QED) is 0.640. The lowest BCUT2D eigenvalue weighted by Crippen LogP contribution is -2.08. The van der Waals surface area contributed by atoms with Crippen molar-refractivity contribution in [2.45, 2.75) is 19.8 Å². The van der Waals surface area contributed by atoms with Gasteiger partial charge in [-0.1, -0.05) is 0 Å². The summed E-state index contributed by atoms with van der Waals surface area (Å²) in [5, 5.41) is 0. The SMILES string of the molecule is CCOC(=O)c1ccn2c(C(F)F)cc(C(F)F)nc12. The van der Waals surface area contributed by atoms with Gasteiger partial charge in [0.25, 0.3) is 12.9 Å². The number of aromatic nitrogens is 2. The van der Waals surface area contributed by atoms with Crippen LogP contribution in [0.25, 0.3) is 5.65 Å². The predicted molar refractivity (Wildman–Crippen MR) is 61.1 cm³/mol. The van der Waals surface area contributed by atoms with Gasteiger partial charge >= 0.3 is 5.97 Å². The summed E-state index contributed by atoms with van der Waals surface area (Å²) >= 11 is 0. The molecule has 0 amide bonds. The fourth-order valence-corrected chi connectivity index (χ4v) is 1.77. The third kappa shape index (κ3) is 2.45. The average molecular weight is 290 g/mol. The average Bonchev–Trinajstić information content (AvgIpc) is 2.81. The molecule has 0 N–H and O–H groups in total. The highest BCUT2D eigenvalue weighted by Gasteiger charge is 2.22. The summed E-state index contributed by atoms with van der Waals surface area (Å²) in [4.78, 5) is 15.2. The lowest BCUT2D eigenvalue weighted by Gasteiger charge is -2.08. The van der Waals surface area contributed by atoms with Gasteiger partial charge in [0.15, 0.2) is 5.65 Å². The second kappa shape index (κ2) is 5.48. The van der Waals surface area contributed by atoms with Gasteiger partial charge in [-0.2, -0.15) is 0 Å². The fourth-order valence-electron chi connectivity index (χ4n) is 1.77. The zero-order valence-electron chi connectivity index (χ0n) is 10.3. The van der Waals surface area contributed by atoms with Gasteiger partial charge < -0.3 is 4.74 Å². The number of hydrogen-bond donors (Lipinski definition) is 0. The molecular formula is C12H10F4N2O2. The Hall–Kier alpha value is -2.12. The van der Waals surface area contributed by atoms with Crippen molar-refractivity contribution in [1.82, 2.24) is 9.38 Å². The molecule has 108 valence electrons. The van der Waals surface area contributed by atoms with Gasteiger partial charge in [0.1, 0.15) is 11.3 Å². The summed E-state index contributed by atoms with van der Waals surface area (Å²) in [5.74, 6) is -0.797. The van der Waals surface area contributed by atoms with Crippen molar-refractivity contribution >= 4 is 11.6 Å². The second-order valence-corrected chi connectivity index (χ2v) is 3.85. The summed E-state index contributed by atoms with van der Waals surface area (Å²) in [6, 6.07) is 1.83. The molecule has 0 aromatic carbocycles. The Morgan fingerprint density at radius 2 is 2.05 bits per heavy atom. The highest BCUT2D eigenvalue weighted by Crippen LogP contribution is 2.27. The monoisotopic (exact) mass is 290 g/mol. The third-order valence-corrected chi connectivity index (χ3v) is 2.61. The summed E-state index contributed by atoms with van der Waals surface area (Å²) < 4.78 is 56.8. The maximum absolute atomic E-state index is 12.9.